The molecule has 0 heterocycles. The second kappa shape index (κ2) is 7.16. The highest BCUT2D eigenvalue weighted by molar-refractivity contribution is 9.10. The largest absolute Gasteiger partial charge is 0.469 e. The number of halogens is 1. The van der Waals surface area contributed by atoms with Gasteiger partial charge in [-0.3, -0.25) is 4.79 Å². The third-order valence-corrected chi connectivity index (χ3v) is 3.16. The van der Waals surface area contributed by atoms with E-state index in [0.717, 1.165) is 10.0 Å². The summed E-state index contributed by atoms with van der Waals surface area (Å²) in [5, 5.41) is 0. The third-order valence-electron chi connectivity index (χ3n) is 2.42. The molecule has 0 bridgehead atoms. The first-order valence-corrected chi connectivity index (χ1v) is 6.40. The molecule has 5 heteroatoms. The first kappa shape index (κ1) is 14.7. The number of benzene rings is 1. The second-order valence-corrected chi connectivity index (χ2v) is 4.42. The van der Waals surface area contributed by atoms with E-state index in [1.165, 1.54) is 7.11 Å². The molecule has 0 aliphatic rings. The summed E-state index contributed by atoms with van der Waals surface area (Å²) in [6, 6.07) is 5.28. The second-order valence-electron chi connectivity index (χ2n) is 3.56. The number of ether oxygens (including phenoxy) is 2. The molecule has 1 rings (SSSR count). The van der Waals surface area contributed by atoms with Crippen LogP contribution in [0.2, 0.25) is 0 Å². The van der Waals surface area contributed by atoms with Gasteiger partial charge >= 0.3 is 11.9 Å². The van der Waals surface area contributed by atoms with Crippen LogP contribution in [-0.2, 0) is 20.7 Å². The lowest BCUT2D eigenvalue weighted by Crippen LogP contribution is -2.10. The van der Waals surface area contributed by atoms with Crippen LogP contribution >= 0.6 is 15.9 Å². The molecule has 0 amide bonds. The Hall–Kier alpha value is -1.36. The van der Waals surface area contributed by atoms with Crippen LogP contribution in [0.5, 0.6) is 0 Å². The van der Waals surface area contributed by atoms with E-state index in [0.29, 0.717) is 18.6 Å². The molecular formula is C13H15BrO4. The van der Waals surface area contributed by atoms with Gasteiger partial charge in [0.05, 0.1) is 19.3 Å². The monoisotopic (exact) mass is 314 g/mol. The van der Waals surface area contributed by atoms with Gasteiger partial charge in [-0.2, -0.15) is 0 Å². The number of hydrogen-bond donors (Lipinski definition) is 0. The molecule has 0 radical (unpaired) electrons. The van der Waals surface area contributed by atoms with Crippen LogP contribution < -0.4 is 0 Å². The summed E-state index contributed by atoms with van der Waals surface area (Å²) in [6.07, 6.45) is 0.660. The number of methoxy groups -OCH3 is 1. The fraction of sp³-hybridized carbons (Fsp3) is 0.385. The van der Waals surface area contributed by atoms with Crippen molar-refractivity contribution >= 4 is 27.9 Å². The minimum absolute atomic E-state index is 0.228. The van der Waals surface area contributed by atoms with Crippen LogP contribution in [0.1, 0.15) is 29.3 Å². The third kappa shape index (κ3) is 3.84. The Balaban J connectivity index is 2.93. The molecule has 0 atom stereocenters. The maximum Gasteiger partial charge on any atom is 0.338 e. The summed E-state index contributed by atoms with van der Waals surface area (Å²) in [5.74, 6) is -0.681. The maximum absolute atomic E-state index is 11.8. The topological polar surface area (TPSA) is 52.6 Å². The van der Waals surface area contributed by atoms with Gasteiger partial charge in [-0.05, 0) is 31.0 Å². The first-order chi connectivity index (χ1) is 8.60. The Morgan fingerprint density at radius 1 is 1.33 bits per heavy atom. The van der Waals surface area contributed by atoms with Gasteiger partial charge < -0.3 is 9.47 Å². The van der Waals surface area contributed by atoms with Gasteiger partial charge in [-0.1, -0.05) is 22.0 Å². The van der Waals surface area contributed by atoms with Gasteiger partial charge in [0.25, 0.3) is 0 Å². The van der Waals surface area contributed by atoms with Crippen molar-refractivity contribution in [2.45, 2.75) is 19.8 Å². The Labute approximate surface area is 114 Å². The van der Waals surface area contributed by atoms with E-state index in [2.05, 4.69) is 20.7 Å². The predicted octanol–water partition coefficient (Wildman–Crippen LogP) is 2.73. The van der Waals surface area contributed by atoms with Gasteiger partial charge in [-0.15, -0.1) is 0 Å². The molecule has 0 aliphatic carbocycles. The molecule has 0 spiro atoms. The number of carbonyl (C=O) groups excluding carboxylic acids is 2. The average Bonchev–Trinajstić information content (AvgIpc) is 2.36. The van der Waals surface area contributed by atoms with E-state index < -0.39 is 0 Å². The predicted molar refractivity (Wildman–Crippen MR) is 70.4 cm³/mol. The van der Waals surface area contributed by atoms with Crippen LogP contribution in [-0.4, -0.2) is 25.7 Å². The summed E-state index contributed by atoms with van der Waals surface area (Å²) in [7, 11) is 1.34. The molecular weight excluding hydrogens is 300 g/mol. The standard InChI is InChI=1S/C13H15BrO4/c1-3-18-13(16)10-5-4-6-11(14)9(10)7-8-12(15)17-2/h4-6H,3,7-8H2,1-2H3. The summed E-state index contributed by atoms with van der Waals surface area (Å²) in [5.41, 5.74) is 1.25. The highest BCUT2D eigenvalue weighted by Gasteiger charge is 2.15. The smallest absolute Gasteiger partial charge is 0.338 e. The molecule has 0 fully saturated rings. The number of rotatable bonds is 5. The lowest BCUT2D eigenvalue weighted by molar-refractivity contribution is -0.140. The Morgan fingerprint density at radius 3 is 2.67 bits per heavy atom. The summed E-state index contributed by atoms with van der Waals surface area (Å²) >= 11 is 3.38. The number of hydrogen-bond acceptors (Lipinski definition) is 4. The normalized spacial score (nSPS) is 9.94. The number of esters is 2. The zero-order valence-electron chi connectivity index (χ0n) is 10.4. The van der Waals surface area contributed by atoms with Crippen molar-refractivity contribution in [3.63, 3.8) is 0 Å². The summed E-state index contributed by atoms with van der Waals surface area (Å²) < 4.78 is 10.4. The molecule has 0 N–H and O–H groups in total. The molecule has 4 nitrogen and oxygen atoms in total. The molecule has 0 saturated carbocycles. The van der Waals surface area contributed by atoms with Crippen LogP contribution in [0, 0.1) is 0 Å². The van der Waals surface area contributed by atoms with Crippen LogP contribution in [0.25, 0.3) is 0 Å². The summed E-state index contributed by atoms with van der Waals surface area (Å²) in [6.45, 7) is 2.08. The Bertz CT molecular complexity index is 443. The zero-order valence-corrected chi connectivity index (χ0v) is 12.0. The van der Waals surface area contributed by atoms with Crippen molar-refractivity contribution in [1.82, 2.24) is 0 Å². The highest BCUT2D eigenvalue weighted by Crippen LogP contribution is 2.23. The van der Waals surface area contributed by atoms with Crippen molar-refractivity contribution in [3.05, 3.63) is 33.8 Å². The molecule has 1 aromatic carbocycles. The molecule has 0 aromatic heterocycles. The minimum Gasteiger partial charge on any atom is -0.469 e. The maximum atomic E-state index is 11.8. The van der Waals surface area contributed by atoms with E-state index >= 15 is 0 Å². The van der Waals surface area contributed by atoms with Crippen LogP contribution in [0.3, 0.4) is 0 Å². The molecule has 0 saturated heterocycles. The van der Waals surface area contributed by atoms with E-state index in [9.17, 15) is 9.59 Å². The van der Waals surface area contributed by atoms with Crippen molar-refractivity contribution < 1.29 is 19.1 Å². The SMILES string of the molecule is CCOC(=O)c1cccc(Br)c1CCC(=O)OC. The van der Waals surface area contributed by atoms with E-state index in [-0.39, 0.29) is 18.4 Å². The number of carbonyl (C=O) groups is 2. The zero-order chi connectivity index (χ0) is 13.5. The molecule has 0 aliphatic heterocycles. The lowest BCUT2D eigenvalue weighted by atomic mass is 10.0. The van der Waals surface area contributed by atoms with Gasteiger partial charge in [-0.25, -0.2) is 4.79 Å². The van der Waals surface area contributed by atoms with Crippen LogP contribution in [0.15, 0.2) is 22.7 Å². The van der Waals surface area contributed by atoms with E-state index in [4.69, 9.17) is 4.74 Å². The quantitative estimate of drug-likeness (QED) is 0.784. The van der Waals surface area contributed by atoms with Crippen LogP contribution in [0.4, 0.5) is 0 Å². The molecule has 18 heavy (non-hydrogen) atoms. The Kier molecular flexibility index (Phi) is 5.85. The molecule has 98 valence electrons. The van der Waals surface area contributed by atoms with Crippen molar-refractivity contribution in [1.29, 1.82) is 0 Å². The first-order valence-electron chi connectivity index (χ1n) is 5.61. The van der Waals surface area contributed by atoms with Gasteiger partial charge in [0.1, 0.15) is 0 Å². The minimum atomic E-state index is -0.376. The average molecular weight is 315 g/mol. The molecule has 1 aromatic rings. The van der Waals surface area contributed by atoms with Crippen molar-refractivity contribution in [3.8, 4) is 0 Å². The van der Waals surface area contributed by atoms with E-state index in [1.54, 1.807) is 19.1 Å². The fourth-order valence-electron chi connectivity index (χ4n) is 1.54. The van der Waals surface area contributed by atoms with Crippen molar-refractivity contribution in [2.24, 2.45) is 0 Å². The summed E-state index contributed by atoms with van der Waals surface area (Å²) in [4.78, 5) is 22.9. The van der Waals surface area contributed by atoms with Gasteiger partial charge in [0.2, 0.25) is 0 Å². The molecule has 0 unspecified atom stereocenters. The lowest BCUT2D eigenvalue weighted by Gasteiger charge is -2.10. The van der Waals surface area contributed by atoms with E-state index in [1.807, 2.05) is 6.07 Å². The highest BCUT2D eigenvalue weighted by atomic mass is 79.9. The van der Waals surface area contributed by atoms with Gasteiger partial charge in [0, 0.05) is 10.9 Å². The van der Waals surface area contributed by atoms with Gasteiger partial charge in [0.15, 0.2) is 0 Å². The fourth-order valence-corrected chi connectivity index (χ4v) is 2.11. The Morgan fingerprint density at radius 2 is 2.06 bits per heavy atom. The van der Waals surface area contributed by atoms with Crippen molar-refractivity contribution in [2.75, 3.05) is 13.7 Å².